The van der Waals surface area contributed by atoms with Gasteiger partial charge in [-0.2, -0.15) is 13.2 Å². The number of para-hydroxylation sites is 1. The second kappa shape index (κ2) is 9.33. The lowest BCUT2D eigenvalue weighted by Crippen LogP contribution is -2.52. The first-order valence-corrected chi connectivity index (χ1v) is 11.7. The van der Waals surface area contributed by atoms with E-state index in [-0.39, 0.29) is 10.7 Å². The van der Waals surface area contributed by atoms with Gasteiger partial charge in [0.25, 0.3) is 0 Å². The van der Waals surface area contributed by atoms with Crippen LogP contribution in [-0.2, 0) is 19.6 Å². The quantitative estimate of drug-likeness (QED) is 0.740. The maximum Gasteiger partial charge on any atom is 0.490 e. The third-order valence-electron chi connectivity index (χ3n) is 5.74. The van der Waals surface area contributed by atoms with Crippen LogP contribution in [0.3, 0.4) is 0 Å². The lowest BCUT2D eigenvalue weighted by molar-refractivity contribution is -0.192. The van der Waals surface area contributed by atoms with Gasteiger partial charge in [0.05, 0.1) is 18.5 Å². The number of rotatable bonds is 3. The minimum absolute atomic E-state index is 0.0907. The molecule has 3 aliphatic rings. The molecule has 1 unspecified atom stereocenters. The van der Waals surface area contributed by atoms with Gasteiger partial charge in [0.2, 0.25) is 10.0 Å². The number of hydrogen-bond acceptors (Lipinski definition) is 5. The lowest BCUT2D eigenvalue weighted by atomic mass is 9.81. The first kappa shape index (κ1) is 23.8. The van der Waals surface area contributed by atoms with Crippen molar-refractivity contribution in [3.63, 3.8) is 0 Å². The summed E-state index contributed by atoms with van der Waals surface area (Å²) >= 11 is 0. The van der Waals surface area contributed by atoms with E-state index in [1.807, 2.05) is 6.07 Å². The predicted molar refractivity (Wildman–Crippen MR) is 108 cm³/mol. The van der Waals surface area contributed by atoms with Gasteiger partial charge in [-0.05, 0) is 37.8 Å². The molecule has 3 fully saturated rings. The predicted octanol–water partition coefficient (Wildman–Crippen LogP) is 2.73. The molecule has 174 valence electrons. The third-order valence-corrected chi connectivity index (χ3v) is 8.08. The van der Waals surface area contributed by atoms with Crippen LogP contribution in [0.4, 0.5) is 18.9 Å². The molecule has 4 rings (SSSR count). The topological polar surface area (TPSA) is 87.1 Å². The Morgan fingerprint density at radius 3 is 2.35 bits per heavy atom. The van der Waals surface area contributed by atoms with Crippen molar-refractivity contribution in [2.45, 2.75) is 37.1 Å². The van der Waals surface area contributed by atoms with E-state index in [2.05, 4.69) is 29.2 Å². The molecule has 1 aliphatic carbocycles. The van der Waals surface area contributed by atoms with E-state index in [1.165, 1.54) is 5.69 Å². The highest BCUT2D eigenvalue weighted by Gasteiger charge is 2.46. The fourth-order valence-electron chi connectivity index (χ4n) is 4.06. The Morgan fingerprint density at radius 1 is 1.13 bits per heavy atom. The van der Waals surface area contributed by atoms with Crippen LogP contribution in [0.15, 0.2) is 30.3 Å². The van der Waals surface area contributed by atoms with E-state index >= 15 is 0 Å². The molecule has 31 heavy (non-hydrogen) atoms. The van der Waals surface area contributed by atoms with Gasteiger partial charge in [0.15, 0.2) is 0 Å². The van der Waals surface area contributed by atoms with Crippen molar-refractivity contribution in [2.75, 3.05) is 44.3 Å². The number of piperidine rings is 1. The molecule has 2 heterocycles. The van der Waals surface area contributed by atoms with Crippen molar-refractivity contribution in [1.29, 1.82) is 0 Å². The van der Waals surface area contributed by atoms with Crippen LogP contribution in [-0.4, -0.2) is 74.6 Å². The van der Waals surface area contributed by atoms with Crippen LogP contribution in [0.1, 0.15) is 25.7 Å². The molecule has 0 bridgehead atoms. The number of anilines is 1. The van der Waals surface area contributed by atoms with E-state index < -0.39 is 22.2 Å². The van der Waals surface area contributed by atoms with Crippen LogP contribution in [0.25, 0.3) is 0 Å². The van der Waals surface area contributed by atoms with Gasteiger partial charge >= 0.3 is 12.1 Å². The molecule has 0 amide bonds. The Kier molecular flexibility index (Phi) is 7.17. The molecule has 11 heteroatoms. The minimum Gasteiger partial charge on any atom is -0.475 e. The van der Waals surface area contributed by atoms with Crippen molar-refractivity contribution in [3.8, 4) is 0 Å². The summed E-state index contributed by atoms with van der Waals surface area (Å²) in [5.41, 5.74) is 1.11. The van der Waals surface area contributed by atoms with Crippen molar-refractivity contribution in [1.82, 2.24) is 4.31 Å². The summed E-state index contributed by atoms with van der Waals surface area (Å²) in [6, 6.07) is 10.4. The highest BCUT2D eigenvalue weighted by molar-refractivity contribution is 7.90. The minimum atomic E-state index is -5.08. The zero-order chi connectivity index (χ0) is 22.7. The highest BCUT2D eigenvalue weighted by atomic mass is 32.2. The molecule has 0 aromatic heterocycles. The average Bonchev–Trinajstić information content (AvgIpc) is 3.57. The van der Waals surface area contributed by atoms with Crippen molar-refractivity contribution in [2.24, 2.45) is 5.41 Å². The second-order valence-electron chi connectivity index (χ2n) is 8.29. The smallest absolute Gasteiger partial charge is 0.475 e. The number of halogens is 3. The van der Waals surface area contributed by atoms with E-state index in [9.17, 15) is 21.6 Å². The summed E-state index contributed by atoms with van der Waals surface area (Å²) in [4.78, 5) is 11.3. The zero-order valence-corrected chi connectivity index (χ0v) is 17.9. The van der Waals surface area contributed by atoms with E-state index in [0.717, 1.165) is 38.8 Å². The molecule has 1 N–H and O–H groups in total. The van der Waals surface area contributed by atoms with Gasteiger partial charge in [-0.1, -0.05) is 18.2 Å². The van der Waals surface area contributed by atoms with Crippen molar-refractivity contribution >= 4 is 21.7 Å². The maximum absolute atomic E-state index is 12.7. The Balaban J connectivity index is 0.000000339. The molecule has 1 spiro atoms. The van der Waals surface area contributed by atoms with Gasteiger partial charge in [-0.3, -0.25) is 0 Å². The summed E-state index contributed by atoms with van der Waals surface area (Å²) in [5, 5.41) is 7.00. The van der Waals surface area contributed by atoms with Crippen molar-refractivity contribution < 1.29 is 36.2 Å². The average molecular weight is 465 g/mol. The van der Waals surface area contributed by atoms with E-state index in [0.29, 0.717) is 26.3 Å². The molecule has 1 aromatic rings. The van der Waals surface area contributed by atoms with Crippen LogP contribution in [0.5, 0.6) is 0 Å². The number of nitrogens with zero attached hydrogens (tertiary/aromatic N) is 2. The molecule has 1 saturated carbocycles. The summed E-state index contributed by atoms with van der Waals surface area (Å²) < 4.78 is 64.8. The number of sulfonamides is 1. The van der Waals surface area contributed by atoms with Gasteiger partial charge in [0, 0.05) is 37.3 Å². The van der Waals surface area contributed by atoms with Gasteiger partial charge < -0.3 is 14.7 Å². The molecule has 1 aromatic carbocycles. The van der Waals surface area contributed by atoms with Crippen LogP contribution in [0, 0.1) is 5.41 Å². The van der Waals surface area contributed by atoms with Gasteiger partial charge in [0.1, 0.15) is 0 Å². The number of carboxylic acids is 1. The van der Waals surface area contributed by atoms with Crippen LogP contribution < -0.4 is 4.90 Å². The SMILES string of the molecule is O=C(O)C(F)(F)F.O=S(=O)(C1CC1)N1CCCC2(COCCN(c3ccccc3)C2)C1. The summed E-state index contributed by atoms with van der Waals surface area (Å²) in [6.07, 6.45) is -1.46. The fraction of sp³-hybridized carbons (Fsp3) is 0.650. The van der Waals surface area contributed by atoms with E-state index in [1.54, 1.807) is 4.31 Å². The first-order chi connectivity index (χ1) is 14.5. The summed E-state index contributed by atoms with van der Waals surface area (Å²) in [7, 11) is -3.10. The number of alkyl halides is 3. The number of benzene rings is 1. The first-order valence-electron chi connectivity index (χ1n) is 10.2. The number of hydrogen-bond donors (Lipinski definition) is 1. The summed E-state index contributed by atoms with van der Waals surface area (Å²) in [5.74, 6) is -2.76. The standard InChI is InChI=1S/C18H26N2O3S.C2HF3O2/c21-24(22,17-7-8-17)20-10-4-9-18(14-20)13-19(11-12-23-15-18)16-5-2-1-3-6-16;3-2(4,5)1(6)7/h1-3,5-6,17H,4,7-15H2;(H,6,7). The monoisotopic (exact) mass is 464 g/mol. The lowest BCUT2D eigenvalue weighted by Gasteiger charge is -2.43. The van der Waals surface area contributed by atoms with E-state index in [4.69, 9.17) is 14.6 Å². The normalized spacial score (nSPS) is 25.5. The van der Waals surface area contributed by atoms with Crippen LogP contribution in [0.2, 0.25) is 0 Å². The van der Waals surface area contributed by atoms with Gasteiger partial charge in [-0.25, -0.2) is 17.5 Å². The fourth-order valence-corrected chi connectivity index (χ4v) is 6.05. The molecule has 2 saturated heterocycles. The number of carbonyl (C=O) groups is 1. The molecule has 1 atom stereocenters. The van der Waals surface area contributed by atoms with Crippen molar-refractivity contribution in [3.05, 3.63) is 30.3 Å². The Morgan fingerprint density at radius 2 is 1.77 bits per heavy atom. The van der Waals surface area contributed by atoms with Crippen LogP contribution >= 0.6 is 0 Å². The zero-order valence-electron chi connectivity index (χ0n) is 17.1. The number of aliphatic carboxylic acids is 1. The highest BCUT2D eigenvalue weighted by Crippen LogP contribution is 2.39. The number of ether oxygens (including phenoxy) is 1. The molecular formula is C20H27F3N2O5S. The Bertz CT molecular complexity index is 861. The summed E-state index contributed by atoms with van der Waals surface area (Å²) in [6.45, 7) is 4.37. The van der Waals surface area contributed by atoms with Gasteiger partial charge in [-0.15, -0.1) is 0 Å². The maximum atomic E-state index is 12.7. The largest absolute Gasteiger partial charge is 0.490 e. The molecule has 0 radical (unpaired) electrons. The molecule has 2 aliphatic heterocycles. The third kappa shape index (κ3) is 6.11. The molecular weight excluding hydrogens is 437 g/mol. The number of carboxylic acid groups (broad SMARTS) is 1. The second-order valence-corrected chi connectivity index (χ2v) is 10.5. The Labute approximate surface area is 179 Å². The Hall–Kier alpha value is -1.85. The molecule has 7 nitrogen and oxygen atoms in total.